The maximum atomic E-state index is 10.5. The van der Waals surface area contributed by atoms with E-state index in [0.717, 1.165) is 24.3 Å². The molecule has 0 saturated carbocycles. The molecule has 2 aromatic rings. The summed E-state index contributed by atoms with van der Waals surface area (Å²) in [6, 6.07) is 15.4. The summed E-state index contributed by atoms with van der Waals surface area (Å²) in [7, 11) is 4.95. The molecule has 0 heterocycles. The lowest BCUT2D eigenvalue weighted by molar-refractivity contribution is 0.0617. The number of benzene rings is 2. The van der Waals surface area contributed by atoms with Gasteiger partial charge < -0.3 is 24.1 Å². The minimum absolute atomic E-state index is 0.247. The van der Waals surface area contributed by atoms with E-state index in [1.807, 2.05) is 48.5 Å². The molecule has 0 aromatic heterocycles. The lowest BCUT2D eigenvalue weighted by Crippen LogP contribution is -2.36. The normalized spacial score (nSPS) is 12.0. The highest BCUT2D eigenvalue weighted by atomic mass is 16.5. The van der Waals surface area contributed by atoms with Crippen molar-refractivity contribution in [1.29, 1.82) is 0 Å². The average molecular weight is 389 g/mol. The van der Waals surface area contributed by atoms with Crippen LogP contribution in [0.2, 0.25) is 0 Å². The Bertz CT molecular complexity index is 680. The predicted octanol–water partition coefficient (Wildman–Crippen LogP) is 2.98. The van der Waals surface area contributed by atoms with Crippen molar-refractivity contribution in [3.63, 3.8) is 0 Å². The van der Waals surface area contributed by atoms with Crippen molar-refractivity contribution in [3.05, 3.63) is 54.1 Å². The maximum absolute atomic E-state index is 10.5. The fourth-order valence-electron chi connectivity index (χ4n) is 2.96. The van der Waals surface area contributed by atoms with Gasteiger partial charge in [-0.15, -0.1) is 0 Å². The number of hydrogen-bond donors (Lipinski definition) is 1. The zero-order valence-corrected chi connectivity index (χ0v) is 17.0. The van der Waals surface area contributed by atoms with E-state index in [1.165, 1.54) is 0 Å². The van der Waals surface area contributed by atoms with Crippen molar-refractivity contribution in [3.8, 4) is 17.2 Å². The van der Waals surface area contributed by atoms with Gasteiger partial charge in [-0.05, 0) is 36.2 Å². The van der Waals surface area contributed by atoms with Crippen molar-refractivity contribution >= 4 is 0 Å². The Morgan fingerprint density at radius 2 is 1.71 bits per heavy atom. The van der Waals surface area contributed by atoms with Crippen molar-refractivity contribution < 1.29 is 24.1 Å². The topological polar surface area (TPSA) is 60.4 Å². The second-order valence-electron chi connectivity index (χ2n) is 6.55. The number of ether oxygens (including phenoxy) is 4. The molecule has 1 unspecified atom stereocenters. The molecule has 1 N–H and O–H groups in total. The molecule has 2 rings (SSSR count). The second-order valence-corrected chi connectivity index (χ2v) is 6.55. The zero-order chi connectivity index (χ0) is 20.2. The number of aliphatic hydroxyl groups excluding tert-OH is 1. The van der Waals surface area contributed by atoms with Gasteiger partial charge in [0.15, 0.2) is 11.5 Å². The number of rotatable bonds is 13. The first kappa shape index (κ1) is 22.0. The van der Waals surface area contributed by atoms with Crippen LogP contribution in [-0.2, 0) is 11.3 Å². The smallest absolute Gasteiger partial charge is 0.161 e. The van der Waals surface area contributed by atoms with Crippen molar-refractivity contribution in [1.82, 2.24) is 4.90 Å². The number of methoxy groups -OCH3 is 3. The van der Waals surface area contributed by atoms with Gasteiger partial charge >= 0.3 is 0 Å². The number of para-hydroxylation sites is 1. The Labute approximate surface area is 167 Å². The van der Waals surface area contributed by atoms with Crippen molar-refractivity contribution in [2.45, 2.75) is 19.1 Å². The van der Waals surface area contributed by atoms with Crippen LogP contribution in [0.15, 0.2) is 48.5 Å². The van der Waals surface area contributed by atoms with Crippen LogP contribution in [-0.4, -0.2) is 63.7 Å². The summed E-state index contributed by atoms with van der Waals surface area (Å²) in [6.07, 6.45) is 0.290. The molecule has 0 radical (unpaired) electrons. The molecule has 6 nitrogen and oxygen atoms in total. The van der Waals surface area contributed by atoms with Crippen molar-refractivity contribution in [2.75, 3.05) is 47.6 Å². The molecule has 0 aliphatic rings. The van der Waals surface area contributed by atoms with Crippen LogP contribution >= 0.6 is 0 Å². The van der Waals surface area contributed by atoms with Gasteiger partial charge in [0, 0.05) is 33.4 Å². The molecule has 154 valence electrons. The molecular weight excluding hydrogens is 358 g/mol. The molecular formula is C22H31NO5. The van der Waals surface area contributed by atoms with Crippen LogP contribution in [0.3, 0.4) is 0 Å². The summed E-state index contributed by atoms with van der Waals surface area (Å²) in [5, 5.41) is 10.5. The van der Waals surface area contributed by atoms with Crippen LogP contribution in [0.4, 0.5) is 0 Å². The van der Waals surface area contributed by atoms with E-state index < -0.39 is 6.10 Å². The molecule has 6 heteroatoms. The van der Waals surface area contributed by atoms with Crippen LogP contribution < -0.4 is 14.2 Å². The molecule has 0 saturated heterocycles. The Balaban J connectivity index is 1.96. The first-order valence-corrected chi connectivity index (χ1v) is 9.44. The monoisotopic (exact) mass is 389 g/mol. The minimum atomic E-state index is -0.595. The quantitative estimate of drug-likeness (QED) is 0.532. The standard InChI is InChI=1S/C22H31NO5/c1-25-13-7-12-23(15-18-10-11-21(26-2)22(14-18)27-3)16-19(24)17-28-20-8-5-4-6-9-20/h4-6,8-11,14,19,24H,7,12-13,15-17H2,1-3H3. The van der Waals surface area contributed by atoms with Gasteiger partial charge in [0.2, 0.25) is 0 Å². The Morgan fingerprint density at radius 1 is 0.964 bits per heavy atom. The summed E-state index contributed by atoms with van der Waals surface area (Å²) in [4.78, 5) is 2.19. The molecule has 2 aromatic carbocycles. The molecule has 0 aliphatic heterocycles. The van der Waals surface area contributed by atoms with E-state index >= 15 is 0 Å². The van der Waals surface area contributed by atoms with Crippen LogP contribution in [0.25, 0.3) is 0 Å². The first-order chi connectivity index (χ1) is 13.7. The van der Waals surface area contributed by atoms with E-state index in [2.05, 4.69) is 4.90 Å². The van der Waals surface area contributed by atoms with Gasteiger partial charge in [-0.1, -0.05) is 24.3 Å². The second kappa shape index (κ2) is 12.2. The van der Waals surface area contributed by atoms with E-state index in [9.17, 15) is 5.11 Å². The van der Waals surface area contributed by atoms with Crippen LogP contribution in [0, 0.1) is 0 Å². The summed E-state index contributed by atoms with van der Waals surface area (Å²) < 4.78 is 21.5. The molecule has 0 aliphatic carbocycles. The Hall–Kier alpha value is -2.28. The predicted molar refractivity (Wildman–Crippen MR) is 109 cm³/mol. The third-order valence-corrected chi connectivity index (χ3v) is 4.33. The highest BCUT2D eigenvalue weighted by molar-refractivity contribution is 5.42. The summed E-state index contributed by atoms with van der Waals surface area (Å²) in [5.74, 6) is 2.16. The van der Waals surface area contributed by atoms with Crippen molar-refractivity contribution in [2.24, 2.45) is 0 Å². The summed E-state index contributed by atoms with van der Waals surface area (Å²) in [6.45, 7) is 2.93. The maximum Gasteiger partial charge on any atom is 0.161 e. The van der Waals surface area contributed by atoms with E-state index in [4.69, 9.17) is 18.9 Å². The number of aliphatic hydroxyl groups is 1. The fourth-order valence-corrected chi connectivity index (χ4v) is 2.96. The van der Waals surface area contributed by atoms with Gasteiger partial charge in [-0.3, -0.25) is 4.90 Å². The lowest BCUT2D eigenvalue weighted by Gasteiger charge is -2.25. The highest BCUT2D eigenvalue weighted by Crippen LogP contribution is 2.28. The Kier molecular flexibility index (Phi) is 9.62. The largest absolute Gasteiger partial charge is 0.493 e. The SMILES string of the molecule is COCCCN(Cc1ccc(OC)c(OC)c1)CC(O)COc1ccccc1. The summed E-state index contributed by atoms with van der Waals surface area (Å²) in [5.41, 5.74) is 1.09. The van der Waals surface area contributed by atoms with Gasteiger partial charge in [0.05, 0.1) is 14.2 Å². The number of hydrogen-bond acceptors (Lipinski definition) is 6. The molecule has 28 heavy (non-hydrogen) atoms. The third kappa shape index (κ3) is 7.38. The van der Waals surface area contributed by atoms with Gasteiger partial charge in [0.1, 0.15) is 18.5 Å². The average Bonchev–Trinajstić information content (AvgIpc) is 2.73. The molecule has 0 fully saturated rings. The van der Waals surface area contributed by atoms with Gasteiger partial charge in [0.25, 0.3) is 0 Å². The summed E-state index contributed by atoms with van der Waals surface area (Å²) >= 11 is 0. The Morgan fingerprint density at radius 3 is 2.39 bits per heavy atom. The van der Waals surface area contributed by atoms with Crippen LogP contribution in [0.5, 0.6) is 17.2 Å². The molecule has 0 spiro atoms. The molecule has 0 amide bonds. The van der Waals surface area contributed by atoms with Gasteiger partial charge in [-0.2, -0.15) is 0 Å². The van der Waals surface area contributed by atoms with Crippen LogP contribution in [0.1, 0.15) is 12.0 Å². The highest BCUT2D eigenvalue weighted by Gasteiger charge is 2.14. The number of nitrogens with zero attached hydrogens (tertiary/aromatic N) is 1. The van der Waals surface area contributed by atoms with E-state index in [1.54, 1.807) is 21.3 Å². The molecule has 1 atom stereocenters. The minimum Gasteiger partial charge on any atom is -0.493 e. The first-order valence-electron chi connectivity index (χ1n) is 9.44. The zero-order valence-electron chi connectivity index (χ0n) is 17.0. The van der Waals surface area contributed by atoms with E-state index in [0.29, 0.717) is 31.2 Å². The molecule has 0 bridgehead atoms. The lowest BCUT2D eigenvalue weighted by atomic mass is 10.1. The third-order valence-electron chi connectivity index (χ3n) is 4.33. The fraction of sp³-hybridized carbons (Fsp3) is 0.455. The van der Waals surface area contributed by atoms with Gasteiger partial charge in [-0.25, -0.2) is 0 Å². The van der Waals surface area contributed by atoms with E-state index in [-0.39, 0.29) is 6.61 Å².